The molecule has 0 spiro atoms. The first-order valence-corrected chi connectivity index (χ1v) is 12.0. The van der Waals surface area contributed by atoms with Gasteiger partial charge in [-0.15, -0.1) is 11.3 Å². The number of anilines is 3. The summed E-state index contributed by atoms with van der Waals surface area (Å²) in [6.45, 7) is 4.76. The molecule has 0 unspecified atom stereocenters. The molecule has 7 nitrogen and oxygen atoms in total. The molecule has 4 rings (SSSR count). The minimum absolute atomic E-state index is 0.151. The van der Waals surface area contributed by atoms with Gasteiger partial charge in [-0.1, -0.05) is 18.2 Å². The van der Waals surface area contributed by atoms with Crippen molar-refractivity contribution in [2.24, 2.45) is 0 Å². The Bertz CT molecular complexity index is 1270. The highest BCUT2D eigenvalue weighted by molar-refractivity contribution is 7.14. The van der Waals surface area contributed by atoms with Gasteiger partial charge in [0.1, 0.15) is 5.82 Å². The lowest BCUT2D eigenvalue weighted by atomic mass is 10.1. The van der Waals surface area contributed by atoms with Crippen LogP contribution in [-0.2, 0) is 9.59 Å². The van der Waals surface area contributed by atoms with Gasteiger partial charge in [0, 0.05) is 50.1 Å². The van der Waals surface area contributed by atoms with Crippen LogP contribution in [0.15, 0.2) is 60.0 Å². The number of nitrogens with zero attached hydrogens (tertiary/aromatic N) is 4. The van der Waals surface area contributed by atoms with Gasteiger partial charge >= 0.3 is 0 Å². The smallest absolute Gasteiger partial charge is 0.246 e. The molecule has 1 aliphatic heterocycles. The summed E-state index contributed by atoms with van der Waals surface area (Å²) >= 11 is 1.32. The van der Waals surface area contributed by atoms with Crippen molar-refractivity contribution in [2.75, 3.05) is 36.0 Å². The van der Waals surface area contributed by atoms with Crippen LogP contribution in [-0.4, -0.2) is 53.7 Å². The molecule has 0 N–H and O–H groups in total. The summed E-state index contributed by atoms with van der Waals surface area (Å²) in [5, 5.41) is 2.32. The fourth-order valence-electron chi connectivity index (χ4n) is 3.87. The van der Waals surface area contributed by atoms with Gasteiger partial charge < -0.3 is 9.80 Å². The minimum Gasteiger partial charge on any atom is -0.366 e. The van der Waals surface area contributed by atoms with Gasteiger partial charge in [0.2, 0.25) is 11.8 Å². The van der Waals surface area contributed by atoms with Gasteiger partial charge in [-0.05, 0) is 43.3 Å². The Balaban J connectivity index is 1.37. The van der Waals surface area contributed by atoms with Crippen molar-refractivity contribution in [3.8, 4) is 0 Å². The van der Waals surface area contributed by atoms with E-state index < -0.39 is 5.82 Å². The van der Waals surface area contributed by atoms with Crippen LogP contribution in [0.2, 0.25) is 0 Å². The topological polar surface area (TPSA) is 73.8 Å². The number of hydrogen-bond donors (Lipinski definition) is 0. The third-order valence-electron chi connectivity index (χ3n) is 5.71. The standard InChI is InChI=1S/C26H25FN4O3S/c1-18(32)20-8-10-24(23(27)16-20)29-12-14-30(15-13-29)25(34)11-9-21-17-35-26(28-21)31(19(2)33)22-6-4-3-5-7-22/h3-11,16-17H,12-15H2,1-2H3/b11-9+. The number of thiazole rings is 1. The first-order chi connectivity index (χ1) is 16.8. The molecule has 0 bridgehead atoms. The molecule has 1 fully saturated rings. The number of ketones is 1. The van der Waals surface area contributed by atoms with E-state index in [1.54, 1.807) is 28.5 Å². The molecular weight excluding hydrogens is 467 g/mol. The second kappa shape index (κ2) is 10.6. The normalized spacial score (nSPS) is 13.8. The van der Waals surface area contributed by atoms with Crippen LogP contribution in [0.5, 0.6) is 0 Å². The Morgan fingerprint density at radius 1 is 1.03 bits per heavy atom. The molecule has 2 amide bonds. The zero-order chi connectivity index (χ0) is 24.9. The van der Waals surface area contributed by atoms with E-state index in [2.05, 4.69) is 4.98 Å². The number of carbonyl (C=O) groups is 3. The van der Waals surface area contributed by atoms with Gasteiger partial charge in [0.15, 0.2) is 10.9 Å². The van der Waals surface area contributed by atoms with E-state index in [-0.39, 0.29) is 17.6 Å². The van der Waals surface area contributed by atoms with Crippen molar-refractivity contribution in [1.29, 1.82) is 0 Å². The summed E-state index contributed by atoms with van der Waals surface area (Å²) < 4.78 is 14.5. The average molecular weight is 493 g/mol. The highest BCUT2D eigenvalue weighted by atomic mass is 32.1. The summed E-state index contributed by atoms with van der Waals surface area (Å²) in [7, 11) is 0. The van der Waals surface area contributed by atoms with E-state index >= 15 is 0 Å². The molecule has 180 valence electrons. The van der Waals surface area contributed by atoms with Gasteiger partial charge in [0.05, 0.1) is 17.1 Å². The molecular formula is C26H25FN4O3S. The highest BCUT2D eigenvalue weighted by Crippen LogP contribution is 2.29. The van der Waals surface area contributed by atoms with E-state index in [4.69, 9.17) is 0 Å². The third-order valence-corrected chi connectivity index (χ3v) is 6.56. The van der Waals surface area contributed by atoms with E-state index in [9.17, 15) is 18.8 Å². The zero-order valence-electron chi connectivity index (χ0n) is 19.5. The van der Waals surface area contributed by atoms with Crippen LogP contribution < -0.4 is 9.80 Å². The SMILES string of the molecule is CC(=O)c1ccc(N2CCN(C(=O)/C=C/c3csc(N(C(C)=O)c4ccccc4)n3)CC2)c(F)c1. The predicted molar refractivity (Wildman–Crippen MR) is 136 cm³/mol. The predicted octanol–water partition coefficient (Wildman–Crippen LogP) is 4.53. The van der Waals surface area contributed by atoms with Gasteiger partial charge in [-0.3, -0.25) is 19.3 Å². The maximum Gasteiger partial charge on any atom is 0.246 e. The van der Waals surface area contributed by atoms with Gasteiger partial charge in [0.25, 0.3) is 0 Å². The minimum atomic E-state index is -0.438. The first kappa shape index (κ1) is 24.3. The first-order valence-electron chi connectivity index (χ1n) is 11.2. The van der Waals surface area contributed by atoms with Crippen molar-refractivity contribution < 1.29 is 18.8 Å². The van der Waals surface area contributed by atoms with E-state index in [1.165, 1.54) is 42.2 Å². The second-order valence-electron chi connectivity index (χ2n) is 8.11. The lowest BCUT2D eigenvalue weighted by Crippen LogP contribution is -2.48. The molecule has 35 heavy (non-hydrogen) atoms. The van der Waals surface area contributed by atoms with Crippen molar-refractivity contribution in [1.82, 2.24) is 9.88 Å². The molecule has 0 saturated carbocycles. The largest absolute Gasteiger partial charge is 0.366 e. The number of rotatable bonds is 6. The second-order valence-corrected chi connectivity index (χ2v) is 8.95. The number of piperazine rings is 1. The maximum atomic E-state index is 14.5. The number of amides is 2. The highest BCUT2D eigenvalue weighted by Gasteiger charge is 2.22. The molecule has 1 aromatic heterocycles. The number of carbonyl (C=O) groups excluding carboxylic acids is 3. The Kier molecular flexibility index (Phi) is 7.36. The fourth-order valence-corrected chi connectivity index (χ4v) is 4.73. The number of para-hydroxylation sites is 1. The van der Waals surface area contributed by atoms with Crippen molar-refractivity contribution in [3.05, 3.63) is 77.1 Å². The molecule has 1 saturated heterocycles. The number of Topliss-reactive ketones (excluding diaryl/α,β-unsaturated/α-hetero) is 1. The summed E-state index contributed by atoms with van der Waals surface area (Å²) in [5.74, 6) is -0.925. The molecule has 1 aliphatic rings. The van der Waals surface area contributed by atoms with E-state index in [0.29, 0.717) is 48.3 Å². The van der Waals surface area contributed by atoms with Crippen molar-refractivity contribution >= 4 is 51.5 Å². The van der Waals surface area contributed by atoms with E-state index in [1.807, 2.05) is 35.2 Å². The monoisotopic (exact) mass is 492 g/mol. The van der Waals surface area contributed by atoms with Crippen LogP contribution in [0, 0.1) is 5.82 Å². The van der Waals surface area contributed by atoms with Crippen molar-refractivity contribution in [2.45, 2.75) is 13.8 Å². The molecule has 9 heteroatoms. The quantitative estimate of drug-likeness (QED) is 0.373. The summed E-state index contributed by atoms with van der Waals surface area (Å²) in [6.07, 6.45) is 3.11. The number of halogens is 1. The van der Waals surface area contributed by atoms with Crippen LogP contribution in [0.25, 0.3) is 6.08 Å². The lowest BCUT2D eigenvalue weighted by molar-refractivity contribution is -0.126. The van der Waals surface area contributed by atoms with Crippen LogP contribution in [0.3, 0.4) is 0 Å². The number of aromatic nitrogens is 1. The van der Waals surface area contributed by atoms with Crippen LogP contribution >= 0.6 is 11.3 Å². The maximum absolute atomic E-state index is 14.5. The lowest BCUT2D eigenvalue weighted by Gasteiger charge is -2.35. The fraction of sp³-hybridized carbons (Fsp3) is 0.231. The Hall–Kier alpha value is -3.85. The summed E-state index contributed by atoms with van der Waals surface area (Å²) in [6, 6.07) is 13.8. The van der Waals surface area contributed by atoms with Crippen LogP contribution in [0.1, 0.15) is 29.9 Å². The summed E-state index contributed by atoms with van der Waals surface area (Å²) in [5.41, 5.74) is 2.09. The van der Waals surface area contributed by atoms with Crippen molar-refractivity contribution in [3.63, 3.8) is 0 Å². The Labute approximate surface area is 207 Å². The molecule has 2 heterocycles. The molecule has 0 atom stereocenters. The van der Waals surface area contributed by atoms with E-state index in [0.717, 1.165) is 5.69 Å². The molecule has 3 aromatic rings. The number of hydrogen-bond acceptors (Lipinski definition) is 6. The molecule has 0 radical (unpaired) electrons. The molecule has 0 aliphatic carbocycles. The third kappa shape index (κ3) is 5.63. The summed E-state index contributed by atoms with van der Waals surface area (Å²) in [4.78, 5) is 45.9. The Morgan fingerprint density at radius 3 is 2.37 bits per heavy atom. The van der Waals surface area contributed by atoms with Gasteiger partial charge in [-0.2, -0.15) is 0 Å². The number of benzene rings is 2. The van der Waals surface area contributed by atoms with Gasteiger partial charge in [-0.25, -0.2) is 9.37 Å². The molecule has 2 aromatic carbocycles. The zero-order valence-corrected chi connectivity index (χ0v) is 20.3. The average Bonchev–Trinajstić information content (AvgIpc) is 3.31. The Morgan fingerprint density at radius 2 is 1.74 bits per heavy atom. The van der Waals surface area contributed by atoms with Crippen LogP contribution in [0.4, 0.5) is 20.9 Å².